The van der Waals surface area contributed by atoms with Crippen molar-refractivity contribution in [3.63, 3.8) is 0 Å². The van der Waals surface area contributed by atoms with E-state index in [0.29, 0.717) is 17.5 Å². The Morgan fingerprint density at radius 3 is 1.59 bits per heavy atom. The summed E-state index contributed by atoms with van der Waals surface area (Å²) < 4.78 is 9.39. The molecular weight excluding hydrogens is 709 g/mol. The zero-order valence-corrected chi connectivity index (χ0v) is 31.2. The third kappa shape index (κ3) is 5.07. The van der Waals surface area contributed by atoms with Gasteiger partial charge in [-0.15, -0.1) is 0 Å². The van der Waals surface area contributed by atoms with Crippen molar-refractivity contribution < 1.29 is 4.42 Å². The van der Waals surface area contributed by atoms with Crippen LogP contribution in [0.5, 0.6) is 0 Å². The fourth-order valence-corrected chi connectivity index (χ4v) is 8.71. The molecule has 0 fully saturated rings. The molecule has 0 saturated carbocycles. The van der Waals surface area contributed by atoms with Crippen LogP contribution in [0.2, 0.25) is 0 Å². The summed E-state index contributed by atoms with van der Waals surface area (Å²) in [7, 11) is 0. The van der Waals surface area contributed by atoms with E-state index < -0.39 is 0 Å². The largest absolute Gasteiger partial charge is 0.454 e. The molecule has 12 aromatic rings. The van der Waals surface area contributed by atoms with E-state index in [1.165, 1.54) is 21.5 Å². The summed E-state index contributed by atoms with van der Waals surface area (Å²) in [5.41, 5.74) is 10.0. The number of hydrogen-bond acceptors (Lipinski definition) is 4. The zero-order valence-electron chi connectivity index (χ0n) is 31.2. The number of aromatic nitrogens is 4. The highest BCUT2D eigenvalue weighted by atomic mass is 16.3. The van der Waals surface area contributed by atoms with E-state index in [2.05, 4.69) is 138 Å². The van der Waals surface area contributed by atoms with Crippen LogP contribution in [0.4, 0.5) is 0 Å². The molecular formula is C53H32N4O. The number of fused-ring (bicyclic) bond motifs is 9. The fourth-order valence-electron chi connectivity index (χ4n) is 8.71. The topological polar surface area (TPSA) is 56.7 Å². The molecule has 58 heavy (non-hydrogen) atoms. The van der Waals surface area contributed by atoms with Crippen molar-refractivity contribution in [2.75, 3.05) is 0 Å². The average molecular weight is 741 g/mol. The van der Waals surface area contributed by atoms with Crippen LogP contribution in [0.15, 0.2) is 199 Å². The van der Waals surface area contributed by atoms with Gasteiger partial charge in [-0.2, -0.15) is 0 Å². The van der Waals surface area contributed by atoms with E-state index in [0.717, 1.165) is 77.2 Å². The number of benzene rings is 9. The molecule has 5 heteroatoms. The maximum absolute atomic E-state index is 7.02. The molecule has 0 saturated heterocycles. The molecule has 12 rings (SSSR count). The van der Waals surface area contributed by atoms with E-state index in [1.54, 1.807) is 0 Å². The lowest BCUT2D eigenvalue weighted by Crippen LogP contribution is -2.00. The Hall–Kier alpha value is -7.89. The van der Waals surface area contributed by atoms with Gasteiger partial charge in [0.15, 0.2) is 23.1 Å². The first-order chi connectivity index (χ1) is 28.7. The summed E-state index contributed by atoms with van der Waals surface area (Å²) in [6.07, 6.45) is 0. The van der Waals surface area contributed by atoms with Crippen LogP contribution in [-0.4, -0.2) is 19.5 Å². The maximum Gasteiger partial charge on any atom is 0.164 e. The van der Waals surface area contributed by atoms with Crippen molar-refractivity contribution >= 4 is 65.3 Å². The second kappa shape index (κ2) is 12.8. The lowest BCUT2D eigenvalue weighted by molar-refractivity contribution is 0.667. The second-order valence-electron chi connectivity index (χ2n) is 14.8. The molecule has 5 nitrogen and oxygen atoms in total. The molecule has 0 unspecified atom stereocenters. The Labute approximate surface area is 333 Å². The quantitative estimate of drug-likeness (QED) is 0.176. The van der Waals surface area contributed by atoms with Crippen LogP contribution >= 0.6 is 0 Å². The number of nitrogens with zero attached hydrogens (tertiary/aromatic N) is 4. The van der Waals surface area contributed by atoms with E-state index >= 15 is 0 Å². The minimum Gasteiger partial charge on any atom is -0.454 e. The molecule has 9 aromatic carbocycles. The van der Waals surface area contributed by atoms with Crippen LogP contribution in [0.3, 0.4) is 0 Å². The molecule has 0 bridgehead atoms. The fraction of sp³-hybridized carbons (Fsp3) is 0. The van der Waals surface area contributed by atoms with Crippen molar-refractivity contribution in [1.82, 2.24) is 19.5 Å². The van der Waals surface area contributed by atoms with E-state index in [4.69, 9.17) is 19.4 Å². The van der Waals surface area contributed by atoms with E-state index in [-0.39, 0.29) is 0 Å². The standard InChI is InChI=1S/C53H32N4O/c1-3-14-34(15-4-1)51-54-52(35-16-5-2-6-17-35)56-53(55-51)36-28-26-33(27-29-36)43-32-48-49(41-22-10-9-20-39(41)43)42-23-13-25-46(50(42)58-48)57-45-24-12-11-21-40(45)44-30-37-18-7-8-19-38(37)31-47(44)57/h1-32H. The van der Waals surface area contributed by atoms with Crippen LogP contribution in [0.25, 0.3) is 116 Å². The summed E-state index contributed by atoms with van der Waals surface area (Å²) in [6, 6.07) is 68.0. The molecule has 0 N–H and O–H groups in total. The van der Waals surface area contributed by atoms with Gasteiger partial charge in [0.05, 0.1) is 16.7 Å². The predicted octanol–water partition coefficient (Wildman–Crippen LogP) is 13.8. The minimum atomic E-state index is 0.627. The van der Waals surface area contributed by atoms with Crippen molar-refractivity contribution in [1.29, 1.82) is 0 Å². The number of hydrogen-bond donors (Lipinski definition) is 0. The van der Waals surface area contributed by atoms with Gasteiger partial charge < -0.3 is 8.98 Å². The van der Waals surface area contributed by atoms with Gasteiger partial charge >= 0.3 is 0 Å². The van der Waals surface area contributed by atoms with Gasteiger partial charge in [0.25, 0.3) is 0 Å². The molecule has 0 aliphatic rings. The number of para-hydroxylation sites is 2. The lowest BCUT2D eigenvalue weighted by atomic mass is 9.94. The Morgan fingerprint density at radius 1 is 0.362 bits per heavy atom. The van der Waals surface area contributed by atoms with Crippen molar-refractivity contribution in [2.45, 2.75) is 0 Å². The summed E-state index contributed by atoms with van der Waals surface area (Å²) >= 11 is 0. The van der Waals surface area contributed by atoms with Gasteiger partial charge in [-0.1, -0.05) is 164 Å². The van der Waals surface area contributed by atoms with Crippen molar-refractivity contribution in [3.05, 3.63) is 194 Å². The lowest BCUT2D eigenvalue weighted by Gasteiger charge is -2.11. The van der Waals surface area contributed by atoms with Gasteiger partial charge in [-0.25, -0.2) is 15.0 Å². The number of furan rings is 1. The third-order valence-electron chi connectivity index (χ3n) is 11.4. The third-order valence-corrected chi connectivity index (χ3v) is 11.4. The SMILES string of the molecule is c1ccc(-c2nc(-c3ccccc3)nc(-c3ccc(-c4cc5oc6c(-n7c8ccccc8c8cc9ccccc9cc87)cccc6c5c5ccccc45)cc3)n2)cc1. The first-order valence-corrected chi connectivity index (χ1v) is 19.5. The minimum absolute atomic E-state index is 0.627. The smallest absolute Gasteiger partial charge is 0.164 e. The van der Waals surface area contributed by atoms with Crippen LogP contribution in [0.1, 0.15) is 0 Å². The normalized spacial score (nSPS) is 11.8. The molecule has 0 spiro atoms. The highest BCUT2D eigenvalue weighted by Gasteiger charge is 2.21. The molecule has 3 aromatic heterocycles. The summed E-state index contributed by atoms with van der Waals surface area (Å²) in [5.74, 6) is 1.91. The summed E-state index contributed by atoms with van der Waals surface area (Å²) in [5, 5.41) is 9.41. The van der Waals surface area contributed by atoms with Crippen molar-refractivity contribution in [3.8, 4) is 51.0 Å². The summed E-state index contributed by atoms with van der Waals surface area (Å²) in [6.45, 7) is 0. The molecule has 0 amide bonds. The molecule has 3 heterocycles. The predicted molar refractivity (Wildman–Crippen MR) is 238 cm³/mol. The Kier molecular flexibility index (Phi) is 7.16. The van der Waals surface area contributed by atoms with Crippen LogP contribution in [-0.2, 0) is 0 Å². The van der Waals surface area contributed by atoms with Gasteiger partial charge in [0.1, 0.15) is 5.58 Å². The summed E-state index contributed by atoms with van der Waals surface area (Å²) in [4.78, 5) is 14.8. The maximum atomic E-state index is 7.02. The van der Waals surface area contributed by atoms with E-state index in [9.17, 15) is 0 Å². The first-order valence-electron chi connectivity index (χ1n) is 19.5. The first kappa shape index (κ1) is 32.4. The van der Waals surface area contributed by atoms with Gasteiger partial charge in [-0.05, 0) is 63.0 Å². The molecule has 0 aliphatic heterocycles. The number of rotatable bonds is 5. The van der Waals surface area contributed by atoms with Gasteiger partial charge in [-0.3, -0.25) is 0 Å². The van der Waals surface area contributed by atoms with Gasteiger partial charge in [0, 0.05) is 38.2 Å². The molecule has 270 valence electrons. The Morgan fingerprint density at radius 2 is 0.897 bits per heavy atom. The van der Waals surface area contributed by atoms with Crippen LogP contribution in [0, 0.1) is 0 Å². The Balaban J connectivity index is 1.02. The highest BCUT2D eigenvalue weighted by molar-refractivity contribution is 6.23. The Bertz CT molecular complexity index is 3490. The van der Waals surface area contributed by atoms with Gasteiger partial charge in [0.2, 0.25) is 0 Å². The van der Waals surface area contributed by atoms with Crippen molar-refractivity contribution in [2.24, 2.45) is 0 Å². The second-order valence-corrected chi connectivity index (χ2v) is 14.8. The molecule has 0 atom stereocenters. The highest BCUT2D eigenvalue weighted by Crippen LogP contribution is 2.43. The molecule has 0 radical (unpaired) electrons. The monoisotopic (exact) mass is 740 g/mol. The van der Waals surface area contributed by atoms with E-state index in [1.807, 2.05) is 60.7 Å². The van der Waals surface area contributed by atoms with Crippen LogP contribution < -0.4 is 0 Å². The average Bonchev–Trinajstić information content (AvgIpc) is 3.84. The molecule has 0 aliphatic carbocycles. The zero-order chi connectivity index (χ0) is 38.2.